The maximum absolute atomic E-state index is 14.0. The minimum absolute atomic E-state index is 0.122. The fraction of sp³-hybridized carbons (Fsp3) is 0.500. The van der Waals surface area contributed by atoms with Crippen LogP contribution in [0.3, 0.4) is 0 Å². The molecule has 1 aromatic carbocycles. The van der Waals surface area contributed by atoms with Gasteiger partial charge in [0.15, 0.2) is 0 Å². The first-order valence-electron chi connectivity index (χ1n) is 11.0. The summed E-state index contributed by atoms with van der Waals surface area (Å²) in [7, 11) is 0. The Morgan fingerprint density at radius 2 is 2.06 bits per heavy atom. The Morgan fingerprint density at radius 3 is 2.53 bits per heavy atom. The molecule has 0 radical (unpaired) electrons. The third-order valence-corrected chi connectivity index (χ3v) is 7.15. The van der Waals surface area contributed by atoms with Gasteiger partial charge in [0.05, 0.1) is 6.10 Å². The second-order valence-corrected chi connectivity index (χ2v) is 9.66. The molecule has 6 heteroatoms. The summed E-state index contributed by atoms with van der Waals surface area (Å²) in [6.07, 6.45) is 4.43. The molecule has 0 aliphatic carbocycles. The Bertz CT molecular complexity index is 933. The van der Waals surface area contributed by atoms with Gasteiger partial charge >= 0.3 is 0 Å². The van der Waals surface area contributed by atoms with Crippen LogP contribution < -0.4 is 5.73 Å². The van der Waals surface area contributed by atoms with Crippen LogP contribution in [-0.4, -0.2) is 29.4 Å². The highest BCUT2D eigenvalue weighted by molar-refractivity contribution is 6.30. The largest absolute Gasteiger partial charge is 0.462 e. The Kier molecular flexibility index (Phi) is 8.35. The standard InChI is InChI=1S/C26H36ClFN2O2/c1-8-17(5)23(10-18(6)19-11-20(27)13-21(28)12-19)26(15-32-24(29)30-26)25(7,16(3)4)14-22(31)9-2/h8,10-13,16,22,31H,1,9,14-15H2,2-7H3,(H2,29,30). The van der Waals surface area contributed by atoms with Crippen molar-refractivity contribution in [3.8, 4) is 0 Å². The number of nitrogens with two attached hydrogens (primary N) is 1. The molecule has 3 unspecified atom stereocenters. The summed E-state index contributed by atoms with van der Waals surface area (Å²) >= 11 is 6.10. The zero-order valence-corrected chi connectivity index (χ0v) is 20.8. The maximum Gasteiger partial charge on any atom is 0.283 e. The van der Waals surface area contributed by atoms with Crippen LogP contribution in [0, 0.1) is 17.2 Å². The van der Waals surface area contributed by atoms with Crippen molar-refractivity contribution in [2.75, 3.05) is 6.61 Å². The van der Waals surface area contributed by atoms with Gasteiger partial charge in [-0.3, -0.25) is 0 Å². The minimum atomic E-state index is -0.849. The second kappa shape index (κ2) is 10.2. The summed E-state index contributed by atoms with van der Waals surface area (Å²) in [4.78, 5) is 4.86. The molecule has 1 heterocycles. The predicted octanol–water partition coefficient (Wildman–Crippen LogP) is 6.29. The van der Waals surface area contributed by atoms with E-state index < -0.39 is 22.9 Å². The monoisotopic (exact) mass is 462 g/mol. The SMILES string of the molecule is C=CC(C)=C(C=C(C)c1cc(F)cc(Cl)c1)C1(C(C)(CC(O)CC)C(C)C)COC(N)=N1. The van der Waals surface area contributed by atoms with Gasteiger partial charge in [-0.1, -0.05) is 58.0 Å². The van der Waals surface area contributed by atoms with E-state index in [4.69, 9.17) is 27.1 Å². The number of halogens is 2. The first-order valence-corrected chi connectivity index (χ1v) is 11.4. The van der Waals surface area contributed by atoms with E-state index in [2.05, 4.69) is 27.4 Å². The molecule has 0 aromatic heterocycles. The Balaban J connectivity index is 2.80. The average molecular weight is 463 g/mol. The fourth-order valence-corrected chi connectivity index (χ4v) is 4.66. The number of hydrogen-bond donors (Lipinski definition) is 2. The summed E-state index contributed by atoms with van der Waals surface area (Å²) < 4.78 is 19.8. The number of amidine groups is 1. The van der Waals surface area contributed by atoms with Crippen LogP contribution in [0.4, 0.5) is 4.39 Å². The topological polar surface area (TPSA) is 67.8 Å². The van der Waals surface area contributed by atoms with Crippen LogP contribution in [0.1, 0.15) is 59.9 Å². The van der Waals surface area contributed by atoms with E-state index in [-0.39, 0.29) is 18.5 Å². The van der Waals surface area contributed by atoms with E-state index in [9.17, 15) is 9.50 Å². The molecule has 1 aliphatic rings. The van der Waals surface area contributed by atoms with Gasteiger partial charge in [0.25, 0.3) is 6.02 Å². The highest BCUT2D eigenvalue weighted by Crippen LogP contribution is 2.52. The van der Waals surface area contributed by atoms with Crippen LogP contribution >= 0.6 is 11.6 Å². The molecule has 176 valence electrons. The van der Waals surface area contributed by atoms with E-state index in [0.717, 1.165) is 16.7 Å². The first kappa shape index (κ1) is 26.1. The number of nitrogens with zero attached hydrogens (tertiary/aromatic N) is 1. The number of allylic oxidation sites excluding steroid dienone is 3. The lowest BCUT2D eigenvalue weighted by molar-refractivity contribution is 0.0185. The molecule has 0 bridgehead atoms. The molecular weight excluding hydrogens is 427 g/mol. The normalized spacial score (nSPS) is 22.7. The van der Waals surface area contributed by atoms with E-state index >= 15 is 0 Å². The molecule has 0 saturated carbocycles. The smallest absolute Gasteiger partial charge is 0.283 e. The quantitative estimate of drug-likeness (QED) is 0.423. The zero-order valence-electron chi connectivity index (χ0n) is 20.0. The molecule has 2 rings (SSSR count). The molecule has 1 aliphatic heterocycles. The molecule has 4 nitrogen and oxygen atoms in total. The Hall–Kier alpha value is -2.11. The summed E-state index contributed by atoms with van der Waals surface area (Å²) in [5.41, 5.74) is 8.01. The van der Waals surface area contributed by atoms with Crippen molar-refractivity contribution in [1.82, 2.24) is 0 Å². The zero-order chi connectivity index (χ0) is 24.3. The predicted molar refractivity (Wildman–Crippen MR) is 132 cm³/mol. The van der Waals surface area contributed by atoms with Crippen LogP contribution in [0.25, 0.3) is 5.57 Å². The van der Waals surface area contributed by atoms with Gasteiger partial charge < -0.3 is 15.6 Å². The maximum atomic E-state index is 14.0. The van der Waals surface area contributed by atoms with Crippen LogP contribution in [0.2, 0.25) is 5.02 Å². The second-order valence-electron chi connectivity index (χ2n) is 9.22. The Morgan fingerprint density at radius 1 is 1.41 bits per heavy atom. The van der Waals surface area contributed by atoms with Crippen LogP contribution in [0.15, 0.2) is 53.1 Å². The van der Waals surface area contributed by atoms with Crippen molar-refractivity contribution in [2.45, 2.75) is 66.0 Å². The number of ether oxygens (including phenoxy) is 1. The van der Waals surface area contributed by atoms with Gasteiger partial charge in [-0.05, 0) is 73.1 Å². The Labute approximate surface area is 196 Å². The van der Waals surface area contributed by atoms with Crippen molar-refractivity contribution < 1.29 is 14.2 Å². The summed E-state index contributed by atoms with van der Waals surface area (Å²) in [5.74, 6) is -0.252. The van der Waals surface area contributed by atoms with Gasteiger partial charge in [-0.15, -0.1) is 0 Å². The van der Waals surface area contributed by atoms with E-state index in [0.29, 0.717) is 23.4 Å². The molecule has 1 aromatic rings. The van der Waals surface area contributed by atoms with Crippen molar-refractivity contribution >= 4 is 23.2 Å². The van der Waals surface area contributed by atoms with Gasteiger partial charge in [-0.2, -0.15) is 0 Å². The van der Waals surface area contributed by atoms with Crippen molar-refractivity contribution in [2.24, 2.45) is 22.1 Å². The molecule has 3 N–H and O–H groups in total. The average Bonchev–Trinajstić information content (AvgIpc) is 3.13. The van der Waals surface area contributed by atoms with Crippen LogP contribution in [0.5, 0.6) is 0 Å². The van der Waals surface area contributed by atoms with Crippen molar-refractivity contribution in [3.63, 3.8) is 0 Å². The summed E-state index contributed by atoms with van der Waals surface area (Å²) in [6.45, 7) is 16.4. The molecule has 0 fully saturated rings. The number of aliphatic imine (C=N–C) groups is 1. The first-order chi connectivity index (χ1) is 14.9. The molecule has 0 spiro atoms. The van der Waals surface area contributed by atoms with Gasteiger partial charge in [0.2, 0.25) is 0 Å². The molecule has 0 saturated heterocycles. The van der Waals surface area contributed by atoms with Gasteiger partial charge in [0.1, 0.15) is 18.0 Å². The molecule has 0 amide bonds. The summed E-state index contributed by atoms with van der Waals surface area (Å²) in [6, 6.07) is 4.59. The molecule has 3 atom stereocenters. The number of hydrogen-bond acceptors (Lipinski definition) is 4. The van der Waals surface area contributed by atoms with Crippen molar-refractivity contribution in [3.05, 3.63) is 64.5 Å². The van der Waals surface area contributed by atoms with E-state index in [1.54, 1.807) is 12.1 Å². The van der Waals surface area contributed by atoms with Gasteiger partial charge in [0, 0.05) is 10.4 Å². The number of aliphatic hydroxyl groups excluding tert-OH is 1. The number of benzene rings is 1. The third kappa shape index (κ3) is 5.10. The van der Waals surface area contributed by atoms with Crippen LogP contribution in [-0.2, 0) is 4.74 Å². The highest BCUT2D eigenvalue weighted by atomic mass is 35.5. The summed E-state index contributed by atoms with van der Waals surface area (Å²) in [5, 5.41) is 11.0. The molecule has 32 heavy (non-hydrogen) atoms. The molecular formula is C26H36ClFN2O2. The minimum Gasteiger partial charge on any atom is -0.462 e. The van der Waals surface area contributed by atoms with Gasteiger partial charge in [-0.25, -0.2) is 9.38 Å². The number of aliphatic hydroxyl groups is 1. The lowest BCUT2D eigenvalue weighted by atomic mass is 9.58. The van der Waals surface area contributed by atoms with E-state index in [1.165, 1.54) is 12.1 Å². The fourth-order valence-electron chi connectivity index (χ4n) is 4.44. The lowest BCUT2D eigenvalue weighted by Crippen LogP contribution is -2.52. The third-order valence-electron chi connectivity index (χ3n) is 6.94. The highest BCUT2D eigenvalue weighted by Gasteiger charge is 2.56. The van der Waals surface area contributed by atoms with E-state index in [1.807, 2.05) is 26.8 Å². The van der Waals surface area contributed by atoms with Crippen molar-refractivity contribution in [1.29, 1.82) is 0 Å². The lowest BCUT2D eigenvalue weighted by Gasteiger charge is -2.48. The number of rotatable bonds is 9.